The van der Waals surface area contributed by atoms with Crippen LogP contribution in [-0.2, 0) is 39.4 Å². The molecule has 0 saturated carbocycles. The van der Waals surface area contributed by atoms with Crippen molar-refractivity contribution in [3.63, 3.8) is 0 Å². The van der Waals surface area contributed by atoms with Crippen molar-refractivity contribution in [1.29, 1.82) is 0 Å². The summed E-state index contributed by atoms with van der Waals surface area (Å²) in [6, 6.07) is 0. The molecule has 0 spiro atoms. The van der Waals surface area contributed by atoms with Crippen LogP contribution in [-0.4, -0.2) is 98.8 Å². The molecule has 0 aliphatic carbocycles. The molecular formula is C20H22F3N10O9P2S2+. The summed E-state index contributed by atoms with van der Waals surface area (Å²) in [7, 11) is -2.62. The molecule has 0 aromatic carbocycles. The normalized spacial score (nSPS) is 29.4. The first-order valence-electron chi connectivity index (χ1n) is 12.8. The number of rotatable bonds is 10. The number of halogens is 3. The summed E-state index contributed by atoms with van der Waals surface area (Å²) in [4.78, 5) is 44.9. The Bertz CT molecular complexity index is 1920. The molecule has 2 unspecified atom stereocenters. The summed E-state index contributed by atoms with van der Waals surface area (Å²) in [5.41, 5.74) is 10.3. The van der Waals surface area contributed by atoms with Gasteiger partial charge in [-0.05, 0) is 16.4 Å². The highest BCUT2D eigenvalue weighted by atomic mass is 32.7. The molecule has 2 saturated heterocycles. The number of thiol groups is 1. The molecule has 2 aliphatic rings. The van der Waals surface area contributed by atoms with Gasteiger partial charge in [-0.25, -0.2) is 33.1 Å². The maximum atomic E-state index is 15.7. The number of aliphatic hydroxyl groups excluding tert-OH is 1. The first-order chi connectivity index (χ1) is 21.7. The van der Waals surface area contributed by atoms with E-state index in [1.807, 2.05) is 0 Å². The number of nitrogens with zero attached hydrogens (tertiary/aromatic N) is 7. The van der Waals surface area contributed by atoms with Gasteiger partial charge in [0.2, 0.25) is 5.95 Å². The first-order valence-corrected chi connectivity index (χ1v) is 17.7. The first kappa shape index (κ1) is 33.0. The van der Waals surface area contributed by atoms with E-state index in [4.69, 9.17) is 46.3 Å². The number of nitrogens with one attached hydrogen (secondary N) is 1. The summed E-state index contributed by atoms with van der Waals surface area (Å²) in [5, 5.41) is 10.5. The number of hydrogen-bond donors (Lipinski definition) is 6. The van der Waals surface area contributed by atoms with Crippen LogP contribution in [0.25, 0.3) is 22.3 Å². The molecule has 2 aliphatic heterocycles. The number of alkyl halides is 3. The molecular weight excluding hydrogens is 707 g/mol. The third-order valence-electron chi connectivity index (χ3n) is 7.04. The van der Waals surface area contributed by atoms with Crippen LogP contribution in [0.5, 0.6) is 0 Å². The lowest BCUT2D eigenvalue weighted by molar-refractivity contribution is -0.117. The fourth-order valence-corrected chi connectivity index (χ4v) is 6.76. The Balaban J connectivity index is 1.23. The smallest absolute Gasteiger partial charge is 0.387 e. The molecule has 26 heteroatoms. The monoisotopic (exact) mass is 729 g/mol. The van der Waals surface area contributed by atoms with E-state index < -0.39 is 81.7 Å². The third kappa shape index (κ3) is 5.99. The van der Waals surface area contributed by atoms with Gasteiger partial charge in [-0.15, -0.1) is 4.52 Å². The molecule has 0 amide bonds. The van der Waals surface area contributed by atoms with Gasteiger partial charge in [0.15, 0.2) is 53.5 Å². The molecule has 7 N–H and O–H groups in total. The van der Waals surface area contributed by atoms with Gasteiger partial charge in [0.25, 0.3) is 5.56 Å². The van der Waals surface area contributed by atoms with Gasteiger partial charge in [0, 0.05) is 0 Å². The largest absolute Gasteiger partial charge is 0.582 e. The lowest BCUT2D eigenvalue weighted by atomic mass is 10.1. The van der Waals surface area contributed by atoms with Crippen molar-refractivity contribution >= 4 is 72.1 Å². The molecule has 6 heterocycles. The summed E-state index contributed by atoms with van der Waals surface area (Å²) in [6.45, 7) is -6.44. The predicted molar refractivity (Wildman–Crippen MR) is 156 cm³/mol. The van der Waals surface area contributed by atoms with Crippen molar-refractivity contribution < 1.29 is 50.8 Å². The van der Waals surface area contributed by atoms with E-state index in [2.05, 4.69) is 42.2 Å². The molecule has 9 atom stereocenters. The van der Waals surface area contributed by atoms with Crippen LogP contribution < -0.4 is 17.0 Å². The number of aromatic amines is 1. The van der Waals surface area contributed by atoms with Crippen LogP contribution in [0.3, 0.4) is 0 Å². The number of H-pyrrole nitrogens is 1. The minimum Gasteiger partial charge on any atom is -0.387 e. The van der Waals surface area contributed by atoms with Crippen LogP contribution >= 0.6 is 26.2 Å². The summed E-state index contributed by atoms with van der Waals surface area (Å²) < 4.78 is 86.3. The molecule has 19 nitrogen and oxygen atoms in total. The molecule has 2 fully saturated rings. The number of imidazole rings is 2. The van der Waals surface area contributed by atoms with Crippen molar-refractivity contribution in [2.75, 3.05) is 24.7 Å². The highest BCUT2D eigenvalue weighted by Crippen LogP contribution is 2.54. The van der Waals surface area contributed by atoms with Crippen molar-refractivity contribution in [3.05, 3.63) is 29.3 Å². The second-order valence-corrected chi connectivity index (χ2v) is 14.4. The predicted octanol–water partition coefficient (Wildman–Crippen LogP) is 0.475. The van der Waals surface area contributed by atoms with E-state index in [-0.39, 0.29) is 34.1 Å². The topological polar surface area (TPSA) is 263 Å². The van der Waals surface area contributed by atoms with Crippen molar-refractivity contribution in [2.24, 2.45) is 0 Å². The average molecular weight is 730 g/mol. The molecule has 0 radical (unpaired) electrons. The van der Waals surface area contributed by atoms with Gasteiger partial charge < -0.3 is 35.5 Å². The van der Waals surface area contributed by atoms with Gasteiger partial charge >= 0.3 is 19.9 Å². The molecule has 248 valence electrons. The SMILES string of the molecule is Nc1nc2c(ncn2[C@@H]2O[C@H](CO[P+](=O)S)C(F)(F)[C@H]2OP(O)(=S)OC[C@H]2O[C@@H](n3cnc4c(N)ncnc43)[C@@H](F)[C@@H]2O)c(=O)[nH]1. The van der Waals surface area contributed by atoms with E-state index in [0.717, 1.165) is 21.8 Å². The Kier molecular flexibility index (Phi) is 8.82. The maximum Gasteiger partial charge on any atom is 0.582 e. The number of nitrogen functional groups attached to an aromatic ring is 2. The van der Waals surface area contributed by atoms with Gasteiger partial charge in [-0.3, -0.25) is 23.4 Å². The average Bonchev–Trinajstić information content (AvgIpc) is 3.72. The van der Waals surface area contributed by atoms with Crippen LogP contribution in [0.4, 0.5) is 24.9 Å². The Morgan fingerprint density at radius 2 is 1.83 bits per heavy atom. The van der Waals surface area contributed by atoms with Crippen LogP contribution in [0, 0.1) is 0 Å². The molecule has 46 heavy (non-hydrogen) atoms. The second kappa shape index (κ2) is 12.3. The van der Waals surface area contributed by atoms with Crippen LogP contribution in [0.15, 0.2) is 23.8 Å². The van der Waals surface area contributed by atoms with Gasteiger partial charge in [-0.2, -0.15) is 4.98 Å². The molecule has 4 aromatic heterocycles. The number of aliphatic hydroxyl groups is 1. The lowest BCUT2D eigenvalue weighted by Crippen LogP contribution is -2.42. The van der Waals surface area contributed by atoms with Gasteiger partial charge in [0.05, 0.1) is 19.3 Å². The number of nitrogens with two attached hydrogens (primary N) is 2. The summed E-state index contributed by atoms with van der Waals surface area (Å²) in [6.07, 6.45) is -10.1. The van der Waals surface area contributed by atoms with E-state index in [1.165, 1.54) is 6.33 Å². The Morgan fingerprint density at radius 1 is 1.13 bits per heavy atom. The molecule has 6 rings (SSSR count). The zero-order valence-corrected chi connectivity index (χ0v) is 26.1. The minimum atomic E-state index is -4.69. The second-order valence-electron chi connectivity index (χ2n) is 9.87. The third-order valence-corrected chi connectivity index (χ3v) is 9.30. The highest BCUT2D eigenvalue weighted by Gasteiger charge is 2.63. The fourth-order valence-electron chi connectivity index (χ4n) is 4.91. The highest BCUT2D eigenvalue weighted by molar-refractivity contribution is 8.39. The Labute approximate surface area is 264 Å². The van der Waals surface area contributed by atoms with Crippen molar-refractivity contribution in [3.8, 4) is 0 Å². The van der Waals surface area contributed by atoms with E-state index >= 15 is 13.2 Å². The molecule has 0 bridgehead atoms. The summed E-state index contributed by atoms with van der Waals surface area (Å²) in [5.74, 6) is -4.37. The number of aromatic nitrogens is 8. The number of anilines is 2. The van der Waals surface area contributed by atoms with E-state index in [0.29, 0.717) is 0 Å². The standard InChI is InChI=1S/C20H21F3N10O9P2S2/c21-8-11(34)6(40-17(8)32-4-28-9-13(24)26-3-27-14(9)32)1-39-44(37,46)42-12-18(41-7(20(12,22)23)2-38-43(36)45)33-5-29-10-15(33)30-19(25)31-16(10)35/h3-8,11-12,17-18,34H,1-2H2,(H6-,24,25,26,27,30,31,35,36,37,45,46)/p+1/t6-,7-,8+,11-,12+,17-,18-,44?/m1/s1. The fraction of sp³-hybridized carbons (Fsp3) is 0.500. The Morgan fingerprint density at radius 3 is 2.54 bits per heavy atom. The Hall–Kier alpha value is -2.89. The lowest BCUT2D eigenvalue weighted by Gasteiger charge is -2.28. The zero-order chi connectivity index (χ0) is 33.1. The minimum absolute atomic E-state index is 0.0182. The van der Waals surface area contributed by atoms with Crippen molar-refractivity contribution in [2.45, 2.75) is 49.0 Å². The van der Waals surface area contributed by atoms with E-state index in [1.54, 1.807) is 0 Å². The summed E-state index contributed by atoms with van der Waals surface area (Å²) >= 11 is 8.52. The number of hydrogen-bond acceptors (Lipinski definition) is 16. The maximum absolute atomic E-state index is 15.7. The van der Waals surface area contributed by atoms with Crippen LogP contribution in [0.1, 0.15) is 12.5 Å². The zero-order valence-electron chi connectivity index (χ0n) is 22.6. The van der Waals surface area contributed by atoms with Gasteiger partial charge in [-0.1, -0.05) is 0 Å². The van der Waals surface area contributed by atoms with Crippen molar-refractivity contribution in [1.82, 2.24) is 39.0 Å². The number of ether oxygens (including phenoxy) is 2. The number of fused-ring (bicyclic) bond motifs is 2. The van der Waals surface area contributed by atoms with Gasteiger partial charge in [0.1, 0.15) is 42.9 Å². The van der Waals surface area contributed by atoms with E-state index in [9.17, 15) is 19.4 Å². The van der Waals surface area contributed by atoms with Crippen LogP contribution in [0.2, 0.25) is 0 Å². The molecule has 4 aromatic rings. The quantitative estimate of drug-likeness (QED) is 0.0957.